The summed E-state index contributed by atoms with van der Waals surface area (Å²) in [4.78, 5) is 20.6. The molecule has 1 aliphatic rings. The first-order chi connectivity index (χ1) is 17.6. The number of ether oxygens (including phenoxy) is 2. The summed E-state index contributed by atoms with van der Waals surface area (Å²) in [5.74, 6) is 0.270. The number of esters is 1. The SMILES string of the molecule is CCOC(=O)C(C)(C)NSP(=O)(OCC1CC(C)C(c2cnc3c(N)ncnn23)O1)Oc1ccccc1. The number of aromatic nitrogens is 4. The molecule has 4 unspecified atom stereocenters. The first kappa shape index (κ1) is 27.3. The molecule has 0 saturated carbocycles. The van der Waals surface area contributed by atoms with Gasteiger partial charge >= 0.3 is 12.8 Å². The number of para-hydroxylation sites is 1. The van der Waals surface area contributed by atoms with Gasteiger partial charge in [0.2, 0.25) is 0 Å². The molecular weight excluding hydrogens is 519 g/mol. The minimum absolute atomic E-state index is 0.00727. The molecule has 0 bridgehead atoms. The number of carbonyl (C=O) groups excluding carboxylic acids is 1. The van der Waals surface area contributed by atoms with Crippen LogP contribution in [0, 0.1) is 5.92 Å². The predicted octanol–water partition coefficient (Wildman–Crippen LogP) is 3.96. The van der Waals surface area contributed by atoms with Gasteiger partial charge in [-0.1, -0.05) is 25.1 Å². The third kappa shape index (κ3) is 6.42. The van der Waals surface area contributed by atoms with Crippen molar-refractivity contribution in [3.8, 4) is 5.75 Å². The second kappa shape index (κ2) is 11.4. The number of nitrogens with zero attached hydrogens (tertiary/aromatic N) is 4. The van der Waals surface area contributed by atoms with Crippen molar-refractivity contribution in [2.24, 2.45) is 5.92 Å². The average Bonchev–Trinajstić information content (AvgIpc) is 3.46. The second-order valence-corrected chi connectivity index (χ2v) is 12.8. The number of anilines is 1. The van der Waals surface area contributed by atoms with E-state index in [4.69, 9.17) is 24.3 Å². The summed E-state index contributed by atoms with van der Waals surface area (Å²) in [5.41, 5.74) is 5.98. The fourth-order valence-electron chi connectivity index (χ4n) is 3.83. The zero-order chi connectivity index (χ0) is 26.6. The molecule has 2 aromatic heterocycles. The Labute approximate surface area is 219 Å². The summed E-state index contributed by atoms with van der Waals surface area (Å²) in [6.45, 7) is 3.43. The van der Waals surface area contributed by atoms with E-state index < -0.39 is 18.3 Å². The summed E-state index contributed by atoms with van der Waals surface area (Å²) in [7, 11) is 0. The van der Waals surface area contributed by atoms with Crippen molar-refractivity contribution in [1.82, 2.24) is 24.3 Å². The van der Waals surface area contributed by atoms with Crippen LogP contribution in [-0.4, -0.2) is 50.4 Å². The van der Waals surface area contributed by atoms with Crippen LogP contribution in [0.15, 0.2) is 42.9 Å². The van der Waals surface area contributed by atoms with Crippen LogP contribution in [0.25, 0.3) is 5.65 Å². The maximum Gasteiger partial charge on any atom is 0.455 e. The molecule has 200 valence electrons. The molecule has 1 fully saturated rings. The molecule has 1 saturated heterocycles. The molecule has 1 aliphatic heterocycles. The van der Waals surface area contributed by atoms with Gasteiger partial charge in [0.1, 0.15) is 23.7 Å². The van der Waals surface area contributed by atoms with Crippen LogP contribution < -0.4 is 15.0 Å². The number of imidazole rings is 1. The molecule has 14 heteroatoms. The summed E-state index contributed by atoms with van der Waals surface area (Å²) in [6.07, 6.45) is 3.01. The Morgan fingerprint density at radius 1 is 1.32 bits per heavy atom. The molecule has 0 spiro atoms. The van der Waals surface area contributed by atoms with E-state index in [0.29, 0.717) is 17.8 Å². The third-order valence-corrected chi connectivity index (χ3v) is 8.93. The van der Waals surface area contributed by atoms with Crippen LogP contribution >= 0.6 is 18.4 Å². The number of nitrogen functional groups attached to an aromatic ring is 1. The quantitative estimate of drug-likeness (QED) is 0.202. The zero-order valence-electron chi connectivity index (χ0n) is 21.1. The van der Waals surface area contributed by atoms with Crippen molar-refractivity contribution in [2.45, 2.75) is 51.9 Å². The molecule has 4 rings (SSSR count). The van der Waals surface area contributed by atoms with Crippen molar-refractivity contribution >= 4 is 35.8 Å². The highest BCUT2D eigenvalue weighted by Gasteiger charge is 2.40. The molecule has 12 nitrogen and oxygen atoms in total. The van der Waals surface area contributed by atoms with Gasteiger partial charge < -0.3 is 19.7 Å². The predicted molar refractivity (Wildman–Crippen MR) is 139 cm³/mol. The van der Waals surface area contributed by atoms with E-state index >= 15 is 0 Å². The first-order valence-electron chi connectivity index (χ1n) is 11.8. The molecule has 3 heterocycles. The van der Waals surface area contributed by atoms with E-state index in [1.54, 1.807) is 55.7 Å². The van der Waals surface area contributed by atoms with Gasteiger partial charge in [0.15, 0.2) is 11.5 Å². The number of benzene rings is 1. The Bertz CT molecular complexity index is 1280. The number of hydrogen-bond donors (Lipinski definition) is 2. The topological polar surface area (TPSA) is 152 Å². The average molecular weight is 551 g/mol. The van der Waals surface area contributed by atoms with Crippen LogP contribution in [0.1, 0.15) is 45.9 Å². The minimum Gasteiger partial charge on any atom is -0.465 e. The summed E-state index contributed by atoms with van der Waals surface area (Å²) in [6, 6.07) is 8.70. The van der Waals surface area contributed by atoms with Gasteiger partial charge in [0.05, 0.1) is 42.8 Å². The lowest BCUT2D eigenvalue weighted by Gasteiger charge is -2.26. The lowest BCUT2D eigenvalue weighted by molar-refractivity contribution is -0.148. The molecule has 1 aromatic carbocycles. The first-order valence-corrected chi connectivity index (χ1v) is 14.8. The lowest BCUT2D eigenvalue weighted by atomic mass is 10.00. The van der Waals surface area contributed by atoms with Crippen LogP contribution in [0.4, 0.5) is 5.82 Å². The molecule has 4 atom stereocenters. The van der Waals surface area contributed by atoms with Crippen LogP contribution in [-0.2, 0) is 23.4 Å². The molecule has 0 amide bonds. The standard InChI is InChI=1S/C23H31N6O6PS/c1-5-32-22(30)23(3,4)28-37-36(31,35-16-9-7-6-8-10-16)33-13-17-11-15(2)19(34-17)18-12-25-21-20(24)26-14-27-29(18)21/h6-10,12,14-15,17,19,28H,5,11,13H2,1-4H3,(H2,24,26,27). The number of nitrogens with one attached hydrogen (secondary N) is 1. The van der Waals surface area contributed by atoms with E-state index in [2.05, 4.69) is 19.8 Å². The normalized spacial score (nSPS) is 21.6. The molecule has 0 radical (unpaired) electrons. The fourth-order valence-corrected chi connectivity index (χ4v) is 6.86. The van der Waals surface area contributed by atoms with Crippen LogP contribution in [0.3, 0.4) is 0 Å². The van der Waals surface area contributed by atoms with Crippen molar-refractivity contribution < 1.29 is 27.9 Å². The van der Waals surface area contributed by atoms with E-state index in [-0.39, 0.29) is 37.2 Å². The van der Waals surface area contributed by atoms with Gasteiger partial charge in [-0.25, -0.2) is 23.8 Å². The fraction of sp³-hybridized carbons (Fsp3) is 0.478. The van der Waals surface area contributed by atoms with E-state index in [0.717, 1.165) is 17.3 Å². The Hall–Kier alpha value is -2.70. The third-order valence-electron chi connectivity index (χ3n) is 5.72. The van der Waals surface area contributed by atoms with Crippen molar-refractivity contribution in [2.75, 3.05) is 18.9 Å². The minimum atomic E-state index is -3.83. The molecule has 37 heavy (non-hydrogen) atoms. The summed E-state index contributed by atoms with van der Waals surface area (Å²) in [5, 5.41) is 4.25. The van der Waals surface area contributed by atoms with Gasteiger partial charge in [-0.2, -0.15) is 5.10 Å². The monoisotopic (exact) mass is 550 g/mol. The maximum absolute atomic E-state index is 13.8. The Morgan fingerprint density at radius 2 is 2.08 bits per heavy atom. The Kier molecular flexibility index (Phi) is 8.39. The van der Waals surface area contributed by atoms with E-state index in [9.17, 15) is 9.36 Å². The number of fused-ring (bicyclic) bond motifs is 1. The molecule has 3 aromatic rings. The van der Waals surface area contributed by atoms with Gasteiger partial charge in [-0.05, 0) is 45.2 Å². The molecular formula is C23H31N6O6PS. The smallest absolute Gasteiger partial charge is 0.455 e. The maximum atomic E-state index is 13.8. The number of rotatable bonds is 11. The van der Waals surface area contributed by atoms with Crippen LogP contribution in [0.5, 0.6) is 5.75 Å². The largest absolute Gasteiger partial charge is 0.465 e. The van der Waals surface area contributed by atoms with Crippen molar-refractivity contribution in [3.05, 3.63) is 48.5 Å². The van der Waals surface area contributed by atoms with Gasteiger partial charge in [-0.15, -0.1) is 0 Å². The van der Waals surface area contributed by atoms with E-state index in [1.807, 2.05) is 13.0 Å². The highest BCUT2D eigenvalue weighted by molar-refractivity contribution is 8.54. The van der Waals surface area contributed by atoms with Crippen molar-refractivity contribution in [3.63, 3.8) is 0 Å². The highest BCUT2D eigenvalue weighted by Crippen LogP contribution is 2.59. The van der Waals surface area contributed by atoms with Crippen molar-refractivity contribution in [1.29, 1.82) is 0 Å². The second-order valence-electron chi connectivity index (χ2n) is 9.14. The van der Waals surface area contributed by atoms with Gasteiger partial charge in [0, 0.05) is 0 Å². The summed E-state index contributed by atoms with van der Waals surface area (Å²) < 4.78 is 41.3. The highest BCUT2D eigenvalue weighted by atomic mass is 32.7. The van der Waals surface area contributed by atoms with Gasteiger partial charge in [0.25, 0.3) is 0 Å². The zero-order valence-corrected chi connectivity index (χ0v) is 22.8. The number of carbonyl (C=O) groups is 1. The lowest BCUT2D eigenvalue weighted by Crippen LogP contribution is -2.44. The summed E-state index contributed by atoms with van der Waals surface area (Å²) >= 11 is 0.726. The molecule has 0 aliphatic carbocycles. The number of nitrogens with two attached hydrogens (primary N) is 1. The van der Waals surface area contributed by atoms with E-state index in [1.165, 1.54) is 6.33 Å². The molecule has 3 N–H and O–H groups in total. The Morgan fingerprint density at radius 3 is 2.81 bits per heavy atom. The Balaban J connectivity index is 1.45. The van der Waals surface area contributed by atoms with Crippen LogP contribution in [0.2, 0.25) is 0 Å². The van der Waals surface area contributed by atoms with Gasteiger partial charge in [-0.3, -0.25) is 9.32 Å². The number of hydrogen-bond acceptors (Lipinski definition) is 12.